The summed E-state index contributed by atoms with van der Waals surface area (Å²) in [6, 6.07) is 0. The van der Waals surface area contributed by atoms with Crippen molar-refractivity contribution in [2.45, 2.75) is 70.8 Å². The molecule has 156 valence electrons. The third-order valence-corrected chi connectivity index (χ3v) is 3.97. The fraction of sp³-hybridized carbons (Fsp3) is 0.714. The van der Waals surface area contributed by atoms with Crippen molar-refractivity contribution in [1.82, 2.24) is 0 Å². The highest BCUT2D eigenvalue weighted by Gasteiger charge is 2.24. The second kappa shape index (κ2) is 14.3. The first-order chi connectivity index (χ1) is 12.6. The second-order valence-corrected chi connectivity index (χ2v) is 8.01. The van der Waals surface area contributed by atoms with Crippen LogP contribution in [-0.4, -0.2) is 60.4 Å². The lowest BCUT2D eigenvalue weighted by Crippen LogP contribution is -2.43. The van der Waals surface area contributed by atoms with Crippen LogP contribution in [0.25, 0.3) is 0 Å². The number of nitrogens with zero attached hydrogens (tertiary/aromatic N) is 1. The number of aliphatic hydroxyl groups is 1. The van der Waals surface area contributed by atoms with Gasteiger partial charge in [-0.1, -0.05) is 51.5 Å². The van der Waals surface area contributed by atoms with Gasteiger partial charge in [0.15, 0.2) is 6.10 Å². The van der Waals surface area contributed by atoms with Crippen LogP contribution < -0.4 is 0 Å². The number of carbonyl (C=O) groups is 2. The van der Waals surface area contributed by atoms with Gasteiger partial charge in [0.2, 0.25) is 0 Å². The fourth-order valence-corrected chi connectivity index (χ4v) is 2.74. The highest BCUT2D eigenvalue weighted by atomic mass is 16.5. The third kappa shape index (κ3) is 17.4. The Morgan fingerprint density at radius 3 is 2.15 bits per heavy atom. The van der Waals surface area contributed by atoms with E-state index in [2.05, 4.69) is 6.92 Å². The number of carboxylic acid groups (broad SMARTS) is 1. The zero-order valence-corrected chi connectivity index (χ0v) is 17.4. The van der Waals surface area contributed by atoms with Crippen molar-refractivity contribution in [1.29, 1.82) is 0 Å². The van der Waals surface area contributed by atoms with Gasteiger partial charge in [-0.25, -0.2) is 4.79 Å². The van der Waals surface area contributed by atoms with Crippen molar-refractivity contribution in [3.63, 3.8) is 0 Å². The molecule has 0 saturated carbocycles. The summed E-state index contributed by atoms with van der Waals surface area (Å²) >= 11 is 0. The summed E-state index contributed by atoms with van der Waals surface area (Å²) in [7, 11) is 5.67. The Morgan fingerprint density at radius 1 is 1.00 bits per heavy atom. The van der Waals surface area contributed by atoms with E-state index in [-0.39, 0.29) is 12.2 Å². The molecule has 0 aliphatic rings. The Hall–Kier alpha value is -1.82. The molecule has 0 heterocycles. The Kier molecular flexibility index (Phi) is 13.3. The predicted molar refractivity (Wildman–Crippen MR) is 107 cm³/mol. The maximum Gasteiger partial charge on any atom is 0.335 e. The van der Waals surface area contributed by atoms with Gasteiger partial charge in [-0.2, -0.15) is 0 Å². The molecule has 0 aromatic heterocycles. The summed E-state index contributed by atoms with van der Waals surface area (Å²) in [4.78, 5) is 22.8. The molecule has 0 spiro atoms. The van der Waals surface area contributed by atoms with Crippen LogP contribution in [0.15, 0.2) is 24.0 Å². The van der Waals surface area contributed by atoms with E-state index in [1.807, 2.05) is 27.2 Å². The van der Waals surface area contributed by atoms with Gasteiger partial charge >= 0.3 is 11.9 Å². The molecule has 6 nitrogen and oxygen atoms in total. The van der Waals surface area contributed by atoms with Crippen LogP contribution in [0.2, 0.25) is 0 Å². The monoisotopic (exact) mass is 384 g/mol. The van der Waals surface area contributed by atoms with Crippen molar-refractivity contribution < 1.29 is 29.0 Å². The molecule has 0 fully saturated rings. The molecular weight excluding hydrogens is 346 g/mol. The fourth-order valence-electron chi connectivity index (χ4n) is 2.74. The Balaban J connectivity index is 4.25. The molecule has 0 rings (SSSR count). The normalized spacial score (nSPS) is 13.7. The second-order valence-electron chi connectivity index (χ2n) is 8.01. The quantitative estimate of drug-likeness (QED) is 0.110. The topological polar surface area (TPSA) is 83.8 Å². The van der Waals surface area contributed by atoms with Crippen LogP contribution in [0, 0.1) is 0 Å². The highest BCUT2D eigenvalue weighted by molar-refractivity contribution is 5.83. The lowest BCUT2D eigenvalue weighted by atomic mass is 10.1. The molecular formula is C21H38NO5+. The van der Waals surface area contributed by atoms with Gasteiger partial charge in [0.05, 0.1) is 33.6 Å². The number of ether oxygens (including phenoxy) is 1. The van der Waals surface area contributed by atoms with Gasteiger partial charge in [-0.05, 0) is 18.9 Å². The summed E-state index contributed by atoms with van der Waals surface area (Å²) in [6.07, 6.45) is 12.8. The zero-order chi connectivity index (χ0) is 20.7. The maximum absolute atomic E-state index is 11.9. The van der Waals surface area contributed by atoms with Gasteiger partial charge in [0, 0.05) is 0 Å². The number of likely N-dealkylation sites (N-methyl/N-ethyl adjacent to an activating group) is 1. The summed E-state index contributed by atoms with van der Waals surface area (Å²) in [6.45, 7) is 2.58. The molecule has 0 saturated heterocycles. The minimum atomic E-state index is -1.02. The number of quaternary nitrogens is 1. The van der Waals surface area contributed by atoms with Crippen LogP contribution in [0.1, 0.15) is 64.7 Å². The van der Waals surface area contributed by atoms with Crippen LogP contribution in [0.3, 0.4) is 0 Å². The maximum atomic E-state index is 11.9. The first kappa shape index (κ1) is 25.2. The van der Waals surface area contributed by atoms with E-state index in [1.165, 1.54) is 44.6 Å². The van der Waals surface area contributed by atoms with E-state index in [9.17, 15) is 14.7 Å². The number of rotatable bonds is 15. The molecule has 0 aromatic carbocycles. The summed E-state index contributed by atoms with van der Waals surface area (Å²) < 4.78 is 5.67. The first-order valence-corrected chi connectivity index (χ1v) is 9.94. The number of aliphatic hydroxyl groups excluding tert-OH is 1. The Morgan fingerprint density at radius 2 is 1.59 bits per heavy atom. The molecule has 0 aliphatic heterocycles. The molecule has 2 N–H and O–H groups in total. The molecule has 0 bridgehead atoms. The van der Waals surface area contributed by atoms with Crippen molar-refractivity contribution in [2.24, 2.45) is 0 Å². The number of hydrogen-bond acceptors (Lipinski definition) is 4. The number of hydrogen-bond donors (Lipinski definition) is 2. The lowest BCUT2D eigenvalue weighted by molar-refractivity contribution is -0.873. The van der Waals surface area contributed by atoms with Crippen molar-refractivity contribution in [3.05, 3.63) is 24.0 Å². The minimum absolute atomic E-state index is 0.178. The van der Waals surface area contributed by atoms with E-state index in [4.69, 9.17) is 9.84 Å². The molecule has 27 heavy (non-hydrogen) atoms. The van der Waals surface area contributed by atoms with Gasteiger partial charge in [-0.15, -0.1) is 0 Å². The third-order valence-electron chi connectivity index (χ3n) is 3.97. The molecule has 6 heteroatoms. The van der Waals surface area contributed by atoms with Crippen LogP contribution in [0.4, 0.5) is 0 Å². The van der Waals surface area contributed by atoms with E-state index in [0.717, 1.165) is 18.9 Å². The van der Waals surface area contributed by atoms with Gasteiger partial charge in [0.25, 0.3) is 0 Å². The standard InChI is InChI=1S/C21H37NO5/c1-5-6-7-8-9-10-11-12-13-14-18(23)15-21(26)27-19(16-20(24)25)17-22(2,3)4/h13-15,19H,5-12,16-17H2,1-4H3,(H-,23,24,25,26)/p+1. The van der Waals surface area contributed by atoms with Crippen LogP contribution >= 0.6 is 0 Å². The van der Waals surface area contributed by atoms with Crippen molar-refractivity contribution in [2.75, 3.05) is 27.7 Å². The molecule has 1 unspecified atom stereocenters. The van der Waals surface area contributed by atoms with E-state index >= 15 is 0 Å². The zero-order valence-electron chi connectivity index (χ0n) is 17.4. The summed E-state index contributed by atoms with van der Waals surface area (Å²) in [5, 5.41) is 18.7. The number of aliphatic carboxylic acids is 1. The van der Waals surface area contributed by atoms with Crippen LogP contribution in [0.5, 0.6) is 0 Å². The van der Waals surface area contributed by atoms with Crippen LogP contribution in [-0.2, 0) is 14.3 Å². The highest BCUT2D eigenvalue weighted by Crippen LogP contribution is 2.09. The number of carboxylic acids is 1. The SMILES string of the molecule is CCCCCCCCCC=CC(O)=CC(=O)OC(CC(=O)O)C[N+](C)(C)C. The predicted octanol–water partition coefficient (Wildman–Crippen LogP) is 4.22. The number of allylic oxidation sites excluding steroid dienone is 2. The first-order valence-electron chi connectivity index (χ1n) is 9.94. The van der Waals surface area contributed by atoms with E-state index < -0.39 is 18.0 Å². The number of esters is 1. The number of carbonyl (C=O) groups excluding carboxylic acids is 1. The van der Waals surface area contributed by atoms with Crippen molar-refractivity contribution in [3.8, 4) is 0 Å². The Bertz CT molecular complexity index is 491. The molecule has 1 atom stereocenters. The van der Waals surface area contributed by atoms with Gasteiger partial charge in [-0.3, -0.25) is 4.79 Å². The average Bonchev–Trinajstić information content (AvgIpc) is 2.50. The summed E-state index contributed by atoms with van der Waals surface area (Å²) in [5.41, 5.74) is 0. The van der Waals surface area contributed by atoms with E-state index in [1.54, 1.807) is 0 Å². The van der Waals surface area contributed by atoms with Gasteiger partial charge < -0.3 is 19.4 Å². The molecule has 0 aromatic rings. The minimum Gasteiger partial charge on any atom is -0.508 e. The summed E-state index contributed by atoms with van der Waals surface area (Å²) in [5.74, 6) is -1.93. The molecule has 0 radical (unpaired) electrons. The number of unbranched alkanes of at least 4 members (excludes halogenated alkanes) is 7. The van der Waals surface area contributed by atoms with Crippen molar-refractivity contribution >= 4 is 11.9 Å². The molecule has 0 amide bonds. The average molecular weight is 385 g/mol. The van der Waals surface area contributed by atoms with E-state index in [0.29, 0.717) is 11.0 Å². The largest absolute Gasteiger partial charge is 0.508 e. The lowest BCUT2D eigenvalue weighted by Gasteiger charge is -2.28. The van der Waals surface area contributed by atoms with Gasteiger partial charge in [0.1, 0.15) is 12.3 Å². The Labute approximate surface area is 164 Å². The molecule has 0 aliphatic carbocycles. The smallest absolute Gasteiger partial charge is 0.335 e.